The molecule has 0 atom stereocenters. The Kier molecular flexibility index (Phi) is 4.45. The first-order valence-corrected chi connectivity index (χ1v) is 10.0. The van der Waals surface area contributed by atoms with Gasteiger partial charge in [0.15, 0.2) is 0 Å². The lowest BCUT2D eigenvalue weighted by Crippen LogP contribution is -2.13. The molecule has 0 saturated carbocycles. The van der Waals surface area contributed by atoms with Crippen molar-refractivity contribution in [2.24, 2.45) is 0 Å². The number of ether oxygens (including phenoxy) is 1. The van der Waals surface area contributed by atoms with Crippen LogP contribution >= 0.6 is 11.6 Å². The first-order valence-electron chi connectivity index (χ1n) is 9.47. The van der Waals surface area contributed by atoms with Gasteiger partial charge in [0.25, 0.3) is 0 Å². The summed E-state index contributed by atoms with van der Waals surface area (Å²) in [6.07, 6.45) is -0.477. The number of nitrogens with one attached hydrogen (secondary N) is 1. The Bertz CT molecular complexity index is 1310. The summed E-state index contributed by atoms with van der Waals surface area (Å²) in [4.78, 5) is 12.3. The third-order valence-electron chi connectivity index (χ3n) is 5.33. The van der Waals surface area contributed by atoms with Crippen molar-refractivity contribution in [1.82, 2.24) is 0 Å². The van der Waals surface area contributed by atoms with Crippen molar-refractivity contribution >= 4 is 55.7 Å². The number of hydrogen-bond donors (Lipinski definition) is 1. The second kappa shape index (κ2) is 7.26. The molecule has 3 nitrogen and oxygen atoms in total. The largest absolute Gasteiger partial charge is 0.444 e. The number of rotatable bonds is 4. The van der Waals surface area contributed by atoms with Crippen molar-refractivity contribution in [3.05, 3.63) is 90.0 Å². The van der Waals surface area contributed by atoms with E-state index in [1.807, 2.05) is 30.3 Å². The van der Waals surface area contributed by atoms with Crippen molar-refractivity contribution in [2.75, 3.05) is 5.32 Å². The molecular weight excluding hydrogens is 382 g/mol. The minimum Gasteiger partial charge on any atom is -0.444 e. The van der Waals surface area contributed by atoms with E-state index in [-0.39, 0.29) is 6.61 Å². The molecule has 0 radical (unpaired) electrons. The molecule has 0 unspecified atom stereocenters. The lowest BCUT2D eigenvalue weighted by atomic mass is 9.92. The van der Waals surface area contributed by atoms with Gasteiger partial charge in [-0.05, 0) is 55.6 Å². The fourth-order valence-corrected chi connectivity index (χ4v) is 4.07. The lowest BCUT2D eigenvalue weighted by molar-refractivity contribution is 0.155. The van der Waals surface area contributed by atoms with Crippen LogP contribution in [0, 0.1) is 0 Å². The van der Waals surface area contributed by atoms with E-state index in [0.717, 1.165) is 16.5 Å². The van der Waals surface area contributed by atoms with Crippen LogP contribution in [0.5, 0.6) is 0 Å². The number of halogens is 1. The van der Waals surface area contributed by atoms with Gasteiger partial charge in [-0.15, -0.1) is 11.6 Å². The summed E-state index contributed by atoms with van der Waals surface area (Å²) in [7, 11) is 0. The van der Waals surface area contributed by atoms with Crippen molar-refractivity contribution < 1.29 is 9.53 Å². The van der Waals surface area contributed by atoms with E-state index in [4.69, 9.17) is 16.3 Å². The van der Waals surface area contributed by atoms with Gasteiger partial charge in [-0.1, -0.05) is 66.7 Å². The number of hydrogen-bond acceptors (Lipinski definition) is 2. The summed E-state index contributed by atoms with van der Waals surface area (Å²) in [5.74, 6) is 0.444. The number of alkyl halides is 1. The molecule has 0 fully saturated rings. The Morgan fingerprint density at radius 2 is 1.45 bits per heavy atom. The third kappa shape index (κ3) is 3.24. The zero-order chi connectivity index (χ0) is 19.8. The molecular formula is C25H18ClNO2. The number of carbonyl (C=O) groups is 1. The van der Waals surface area contributed by atoms with Gasteiger partial charge >= 0.3 is 6.09 Å². The molecule has 0 aliphatic heterocycles. The second-order valence-electron chi connectivity index (χ2n) is 7.11. The molecule has 0 aromatic heterocycles. The maximum Gasteiger partial charge on any atom is 0.411 e. The molecule has 5 rings (SSSR count). The minimum absolute atomic E-state index is 0.208. The van der Waals surface area contributed by atoms with Crippen LogP contribution < -0.4 is 5.32 Å². The molecule has 0 saturated heterocycles. The van der Waals surface area contributed by atoms with Gasteiger partial charge in [0.1, 0.15) is 6.61 Å². The van der Waals surface area contributed by atoms with Crippen LogP contribution in [-0.2, 0) is 17.2 Å². The van der Waals surface area contributed by atoms with Crippen LogP contribution in [0.2, 0.25) is 0 Å². The van der Waals surface area contributed by atoms with Crippen LogP contribution in [0.25, 0.3) is 32.3 Å². The Balaban J connectivity index is 1.42. The van der Waals surface area contributed by atoms with Crippen molar-refractivity contribution in [3.8, 4) is 0 Å². The van der Waals surface area contributed by atoms with Crippen LogP contribution in [0.4, 0.5) is 10.5 Å². The molecule has 142 valence electrons. The topological polar surface area (TPSA) is 38.3 Å². The molecule has 0 aliphatic rings. The molecule has 1 N–H and O–H groups in total. The summed E-state index contributed by atoms with van der Waals surface area (Å²) in [6.45, 7) is 0.208. The first kappa shape index (κ1) is 17.8. The van der Waals surface area contributed by atoms with Gasteiger partial charge in [-0.25, -0.2) is 4.79 Å². The Hall–Kier alpha value is -3.30. The van der Waals surface area contributed by atoms with E-state index < -0.39 is 6.09 Å². The number of carbonyl (C=O) groups excluding carboxylic acids is 1. The van der Waals surface area contributed by atoms with Gasteiger partial charge in [0.05, 0.1) is 0 Å². The van der Waals surface area contributed by atoms with Crippen molar-refractivity contribution in [3.63, 3.8) is 0 Å². The molecule has 5 aromatic rings. The van der Waals surface area contributed by atoms with Gasteiger partial charge < -0.3 is 4.74 Å². The predicted molar refractivity (Wildman–Crippen MR) is 120 cm³/mol. The lowest BCUT2D eigenvalue weighted by Gasteiger charge is -2.14. The van der Waals surface area contributed by atoms with Gasteiger partial charge in [0, 0.05) is 11.6 Å². The average Bonchev–Trinajstić information content (AvgIpc) is 2.77. The van der Waals surface area contributed by atoms with Gasteiger partial charge in [-0.3, -0.25) is 5.32 Å². The van der Waals surface area contributed by atoms with Crippen molar-refractivity contribution in [2.45, 2.75) is 12.5 Å². The predicted octanol–water partition coefficient (Wildman–Crippen LogP) is 7.07. The summed E-state index contributed by atoms with van der Waals surface area (Å²) in [6, 6.07) is 26.4. The fourth-order valence-electron chi connectivity index (χ4n) is 3.90. The van der Waals surface area contributed by atoms with E-state index in [9.17, 15) is 4.79 Å². The number of amides is 1. The molecule has 0 bridgehead atoms. The maximum atomic E-state index is 12.3. The molecule has 0 spiro atoms. The van der Waals surface area contributed by atoms with Crippen LogP contribution in [0.3, 0.4) is 0 Å². The van der Waals surface area contributed by atoms with Crippen LogP contribution in [-0.4, -0.2) is 6.09 Å². The zero-order valence-electron chi connectivity index (χ0n) is 15.6. The van der Waals surface area contributed by atoms with Crippen molar-refractivity contribution in [1.29, 1.82) is 0 Å². The molecule has 29 heavy (non-hydrogen) atoms. The van der Waals surface area contributed by atoms with E-state index in [0.29, 0.717) is 11.6 Å². The first-order chi connectivity index (χ1) is 14.2. The molecule has 5 aromatic carbocycles. The van der Waals surface area contributed by atoms with E-state index in [1.54, 1.807) is 0 Å². The summed E-state index contributed by atoms with van der Waals surface area (Å²) >= 11 is 5.80. The van der Waals surface area contributed by atoms with Gasteiger partial charge in [0.2, 0.25) is 0 Å². The quantitative estimate of drug-likeness (QED) is 0.259. The minimum atomic E-state index is -0.477. The number of anilines is 1. The normalized spacial score (nSPS) is 11.3. The average molecular weight is 400 g/mol. The summed E-state index contributed by atoms with van der Waals surface area (Å²) in [5, 5.41) is 9.98. The second-order valence-corrected chi connectivity index (χ2v) is 7.38. The highest BCUT2D eigenvalue weighted by Crippen LogP contribution is 2.36. The smallest absolute Gasteiger partial charge is 0.411 e. The maximum absolute atomic E-state index is 12.3. The molecule has 0 heterocycles. The Morgan fingerprint density at radius 1 is 0.793 bits per heavy atom. The Morgan fingerprint density at radius 3 is 2.17 bits per heavy atom. The van der Waals surface area contributed by atoms with Gasteiger partial charge in [-0.2, -0.15) is 0 Å². The highest BCUT2D eigenvalue weighted by molar-refractivity contribution is 6.23. The summed E-state index contributed by atoms with van der Waals surface area (Å²) in [5.41, 5.74) is 2.67. The van der Waals surface area contributed by atoms with E-state index in [2.05, 4.69) is 53.8 Å². The molecule has 1 amide bonds. The zero-order valence-corrected chi connectivity index (χ0v) is 16.4. The van der Waals surface area contributed by atoms with E-state index in [1.165, 1.54) is 26.9 Å². The van der Waals surface area contributed by atoms with Crippen LogP contribution in [0.1, 0.15) is 11.1 Å². The van der Waals surface area contributed by atoms with Crippen LogP contribution in [0.15, 0.2) is 78.9 Å². The number of benzene rings is 5. The molecule has 0 aliphatic carbocycles. The summed E-state index contributed by atoms with van der Waals surface area (Å²) < 4.78 is 5.50. The monoisotopic (exact) mass is 399 g/mol. The highest BCUT2D eigenvalue weighted by Gasteiger charge is 2.12. The SMILES string of the molecule is O=C(Nc1ccc(CCl)cc1)OCc1ccc2ccc3cccc4ccc1c2c34. The highest BCUT2D eigenvalue weighted by atomic mass is 35.5. The molecule has 4 heteroatoms. The van der Waals surface area contributed by atoms with E-state index >= 15 is 0 Å². The third-order valence-corrected chi connectivity index (χ3v) is 5.64. The fraction of sp³-hybridized carbons (Fsp3) is 0.0800. The Labute approximate surface area is 173 Å². The standard InChI is InChI=1S/C25H18ClNO2/c26-14-16-4-11-21(12-5-16)27-25(28)29-15-20-9-8-19-7-6-17-2-1-3-18-10-13-22(20)24(19)23(17)18/h1-13H,14-15H2,(H,27,28).